The summed E-state index contributed by atoms with van der Waals surface area (Å²) in [6.07, 6.45) is 0. The van der Waals surface area contributed by atoms with E-state index in [2.05, 4.69) is 0 Å². The second kappa shape index (κ2) is 4.31. The maximum absolute atomic E-state index is 12.0. The number of anilines is 1. The van der Waals surface area contributed by atoms with Crippen molar-refractivity contribution >= 4 is 23.2 Å². The van der Waals surface area contributed by atoms with Crippen LogP contribution in [0.1, 0.15) is 10.4 Å². The average molecular weight is 241 g/mol. The topological polar surface area (TPSA) is 66.6 Å². The van der Waals surface area contributed by atoms with E-state index >= 15 is 0 Å². The van der Waals surface area contributed by atoms with E-state index in [4.69, 9.17) is 22.4 Å². The average Bonchev–Trinajstić information content (AvgIpc) is 2.15. The molecule has 0 aliphatic carbocycles. The molecule has 0 unspecified atom stereocenters. The fourth-order valence-electron chi connectivity index (χ4n) is 1.78. The van der Waals surface area contributed by atoms with E-state index in [-0.39, 0.29) is 18.4 Å². The summed E-state index contributed by atoms with van der Waals surface area (Å²) in [6.45, 7) is 1.25. The molecule has 1 aromatic rings. The van der Waals surface area contributed by atoms with Crippen LogP contribution in [0.2, 0.25) is 5.02 Å². The lowest BCUT2D eigenvalue weighted by Gasteiger charge is -2.38. The van der Waals surface area contributed by atoms with Crippen molar-refractivity contribution in [2.24, 2.45) is 5.92 Å². The summed E-state index contributed by atoms with van der Waals surface area (Å²) in [4.78, 5) is 13.6. The van der Waals surface area contributed by atoms with Gasteiger partial charge in [-0.05, 0) is 12.1 Å². The predicted octanol–water partition coefficient (Wildman–Crippen LogP) is 0.987. The molecular weight excluding hydrogens is 228 g/mol. The van der Waals surface area contributed by atoms with Gasteiger partial charge in [-0.1, -0.05) is 17.7 Å². The summed E-state index contributed by atoms with van der Waals surface area (Å²) in [7, 11) is 0. The molecule has 1 aliphatic heterocycles. The molecule has 0 bridgehead atoms. The number of nitrogens with zero attached hydrogens (tertiary/aromatic N) is 1. The summed E-state index contributed by atoms with van der Waals surface area (Å²) in [5.74, 6) is 0.0282. The SMILES string of the molecule is Nc1cccc(Cl)c1C(=O)N1CC(CO)C1. The standard InChI is InChI=1S/C11H13ClN2O2/c12-8-2-1-3-9(13)10(8)11(16)14-4-7(5-14)6-15/h1-3,7,15H,4-6,13H2. The maximum atomic E-state index is 12.0. The third kappa shape index (κ3) is 1.86. The lowest BCUT2D eigenvalue weighted by molar-refractivity contribution is 0.0363. The summed E-state index contributed by atoms with van der Waals surface area (Å²) in [5.41, 5.74) is 6.48. The Labute approximate surface area is 98.6 Å². The number of aliphatic hydroxyl groups excluding tert-OH is 1. The van der Waals surface area contributed by atoms with E-state index in [1.54, 1.807) is 23.1 Å². The molecule has 1 heterocycles. The van der Waals surface area contributed by atoms with Crippen LogP contribution >= 0.6 is 11.6 Å². The van der Waals surface area contributed by atoms with Crippen LogP contribution in [-0.2, 0) is 0 Å². The molecule has 3 N–H and O–H groups in total. The van der Waals surface area contributed by atoms with Crippen LogP contribution in [0.5, 0.6) is 0 Å². The predicted molar refractivity (Wildman–Crippen MR) is 62.3 cm³/mol. The van der Waals surface area contributed by atoms with Crippen molar-refractivity contribution < 1.29 is 9.90 Å². The highest BCUT2D eigenvalue weighted by Gasteiger charge is 2.32. The number of amides is 1. The minimum Gasteiger partial charge on any atom is -0.398 e. The van der Waals surface area contributed by atoms with Crippen LogP contribution in [0, 0.1) is 5.92 Å². The van der Waals surface area contributed by atoms with Gasteiger partial charge in [0.05, 0.1) is 10.6 Å². The number of aliphatic hydroxyl groups is 1. The molecule has 0 radical (unpaired) electrons. The van der Waals surface area contributed by atoms with Crippen molar-refractivity contribution in [3.8, 4) is 0 Å². The zero-order valence-electron chi connectivity index (χ0n) is 8.69. The van der Waals surface area contributed by atoms with E-state index in [1.165, 1.54) is 0 Å². The Hall–Kier alpha value is -1.26. The molecule has 2 rings (SSSR count). The monoisotopic (exact) mass is 240 g/mol. The molecule has 1 aromatic carbocycles. The molecule has 1 fully saturated rings. The largest absolute Gasteiger partial charge is 0.398 e. The molecule has 0 saturated carbocycles. The van der Waals surface area contributed by atoms with Crippen LogP contribution in [0.4, 0.5) is 5.69 Å². The van der Waals surface area contributed by atoms with E-state index in [9.17, 15) is 4.79 Å². The second-order valence-electron chi connectivity index (χ2n) is 3.96. The van der Waals surface area contributed by atoms with Crippen molar-refractivity contribution in [1.29, 1.82) is 0 Å². The first-order chi connectivity index (χ1) is 7.63. The number of nitrogen functional groups attached to an aromatic ring is 1. The zero-order valence-corrected chi connectivity index (χ0v) is 9.44. The Kier molecular flexibility index (Phi) is 3.03. The molecule has 0 atom stereocenters. The molecule has 86 valence electrons. The van der Waals surface area contributed by atoms with Gasteiger partial charge in [-0.25, -0.2) is 0 Å². The Morgan fingerprint density at radius 3 is 2.81 bits per heavy atom. The van der Waals surface area contributed by atoms with E-state index < -0.39 is 0 Å². The van der Waals surface area contributed by atoms with Gasteiger partial charge in [0.25, 0.3) is 5.91 Å². The Bertz CT molecular complexity index is 396. The van der Waals surface area contributed by atoms with Gasteiger partial charge in [0.1, 0.15) is 0 Å². The Balaban J connectivity index is 2.16. The third-order valence-corrected chi connectivity index (χ3v) is 3.08. The van der Waals surface area contributed by atoms with Crippen molar-refractivity contribution in [2.45, 2.75) is 0 Å². The minimum absolute atomic E-state index is 0.113. The molecule has 0 spiro atoms. The highest BCUT2D eigenvalue weighted by atomic mass is 35.5. The Morgan fingerprint density at radius 1 is 1.56 bits per heavy atom. The van der Waals surface area contributed by atoms with Crippen molar-refractivity contribution in [3.63, 3.8) is 0 Å². The smallest absolute Gasteiger partial charge is 0.257 e. The fourth-order valence-corrected chi connectivity index (χ4v) is 2.04. The first kappa shape index (κ1) is 11.2. The highest BCUT2D eigenvalue weighted by Crippen LogP contribution is 2.26. The number of carbonyl (C=O) groups is 1. The van der Waals surface area contributed by atoms with Gasteiger partial charge in [0.2, 0.25) is 0 Å². The number of carbonyl (C=O) groups excluding carboxylic acids is 1. The molecule has 1 amide bonds. The van der Waals surface area contributed by atoms with Gasteiger partial charge >= 0.3 is 0 Å². The van der Waals surface area contributed by atoms with Gasteiger partial charge in [-0.3, -0.25) is 4.79 Å². The Morgan fingerprint density at radius 2 is 2.25 bits per heavy atom. The van der Waals surface area contributed by atoms with Crippen molar-refractivity contribution in [2.75, 3.05) is 25.4 Å². The molecule has 4 nitrogen and oxygen atoms in total. The number of hydrogen-bond donors (Lipinski definition) is 2. The van der Waals surface area contributed by atoms with Gasteiger partial charge in [0.15, 0.2) is 0 Å². The van der Waals surface area contributed by atoms with Crippen LogP contribution < -0.4 is 5.73 Å². The van der Waals surface area contributed by atoms with Gasteiger partial charge in [-0.2, -0.15) is 0 Å². The van der Waals surface area contributed by atoms with Crippen LogP contribution in [0.3, 0.4) is 0 Å². The van der Waals surface area contributed by atoms with E-state index in [1.807, 2.05) is 0 Å². The number of rotatable bonds is 2. The van der Waals surface area contributed by atoms with Crippen LogP contribution in [-0.4, -0.2) is 35.6 Å². The van der Waals surface area contributed by atoms with Gasteiger partial charge in [0, 0.05) is 31.3 Å². The lowest BCUT2D eigenvalue weighted by Crippen LogP contribution is -2.51. The number of likely N-dealkylation sites (tertiary alicyclic amines) is 1. The summed E-state index contributed by atoms with van der Waals surface area (Å²) < 4.78 is 0. The first-order valence-corrected chi connectivity index (χ1v) is 5.45. The fraction of sp³-hybridized carbons (Fsp3) is 0.364. The number of nitrogens with two attached hydrogens (primary N) is 1. The number of benzene rings is 1. The van der Waals surface area contributed by atoms with Crippen LogP contribution in [0.25, 0.3) is 0 Å². The first-order valence-electron chi connectivity index (χ1n) is 5.07. The molecule has 5 heteroatoms. The molecular formula is C11H13ClN2O2. The number of hydrogen-bond acceptors (Lipinski definition) is 3. The summed E-state index contributed by atoms with van der Waals surface area (Å²) in [6, 6.07) is 5.01. The minimum atomic E-state index is -0.159. The maximum Gasteiger partial charge on any atom is 0.257 e. The third-order valence-electron chi connectivity index (χ3n) is 2.76. The number of halogens is 1. The second-order valence-corrected chi connectivity index (χ2v) is 4.37. The summed E-state index contributed by atoms with van der Waals surface area (Å²) in [5, 5.41) is 9.25. The zero-order chi connectivity index (χ0) is 11.7. The molecule has 0 aromatic heterocycles. The van der Waals surface area contributed by atoms with Crippen LogP contribution in [0.15, 0.2) is 18.2 Å². The van der Waals surface area contributed by atoms with E-state index in [0.717, 1.165) is 0 Å². The highest BCUT2D eigenvalue weighted by molar-refractivity contribution is 6.34. The van der Waals surface area contributed by atoms with Crippen molar-refractivity contribution in [3.05, 3.63) is 28.8 Å². The lowest BCUT2D eigenvalue weighted by atomic mass is 9.99. The molecule has 1 aliphatic rings. The van der Waals surface area contributed by atoms with E-state index in [0.29, 0.717) is 29.4 Å². The van der Waals surface area contributed by atoms with Crippen molar-refractivity contribution in [1.82, 2.24) is 4.90 Å². The quantitative estimate of drug-likeness (QED) is 0.758. The molecule has 1 saturated heterocycles. The van der Waals surface area contributed by atoms with Gasteiger partial charge < -0.3 is 15.7 Å². The summed E-state index contributed by atoms with van der Waals surface area (Å²) >= 11 is 5.94. The van der Waals surface area contributed by atoms with Gasteiger partial charge in [-0.15, -0.1) is 0 Å². The molecule has 16 heavy (non-hydrogen) atoms. The normalized spacial score (nSPS) is 16.0.